The minimum absolute atomic E-state index is 0.0396. The minimum Gasteiger partial charge on any atom is -0.351 e. The van der Waals surface area contributed by atoms with Crippen LogP contribution >= 0.6 is 0 Å². The number of hydrogen-bond donors (Lipinski definition) is 3. The summed E-state index contributed by atoms with van der Waals surface area (Å²) in [4.78, 5) is 11.6. The van der Waals surface area contributed by atoms with Gasteiger partial charge in [0.05, 0.1) is 6.04 Å². The largest absolute Gasteiger partial charge is 0.351 e. The molecule has 4 nitrogen and oxygen atoms in total. The molecule has 2 aliphatic rings. The maximum absolute atomic E-state index is 11.6. The van der Waals surface area contributed by atoms with Crippen LogP contribution in [0.15, 0.2) is 0 Å². The monoisotopic (exact) mass is 183 g/mol. The highest BCUT2D eigenvalue weighted by molar-refractivity contribution is 5.82. The summed E-state index contributed by atoms with van der Waals surface area (Å²) in [7, 11) is 0. The summed E-state index contributed by atoms with van der Waals surface area (Å²) in [5.74, 6) is 0.883. The highest BCUT2D eigenvalue weighted by atomic mass is 16.2. The fourth-order valence-electron chi connectivity index (χ4n) is 1.93. The molecule has 2 fully saturated rings. The van der Waals surface area contributed by atoms with Gasteiger partial charge in [0, 0.05) is 18.6 Å². The molecule has 0 aromatic rings. The summed E-state index contributed by atoms with van der Waals surface area (Å²) >= 11 is 0. The molecule has 1 heterocycles. The van der Waals surface area contributed by atoms with Gasteiger partial charge in [-0.2, -0.15) is 0 Å². The van der Waals surface area contributed by atoms with Crippen LogP contribution in [0.1, 0.15) is 19.8 Å². The molecular formula is C9H17N3O. The van der Waals surface area contributed by atoms with Crippen LogP contribution in [-0.4, -0.2) is 30.6 Å². The Morgan fingerprint density at radius 3 is 3.00 bits per heavy atom. The topological polar surface area (TPSA) is 67.1 Å². The molecule has 13 heavy (non-hydrogen) atoms. The standard InChI is InChI=1S/C9H17N3O/c1-5(4-10)11-9(13)8-3-6-2-7(6)12-8/h5-8,12H,2-4,10H2,1H3,(H,11,13)/t5-,6+,7+,8+/m1/s1. The maximum atomic E-state index is 11.6. The van der Waals surface area contributed by atoms with E-state index in [2.05, 4.69) is 10.6 Å². The van der Waals surface area contributed by atoms with E-state index in [1.165, 1.54) is 6.42 Å². The molecule has 0 bridgehead atoms. The number of amides is 1. The van der Waals surface area contributed by atoms with E-state index in [9.17, 15) is 4.79 Å². The Morgan fingerprint density at radius 1 is 1.69 bits per heavy atom. The zero-order valence-corrected chi connectivity index (χ0v) is 7.92. The Morgan fingerprint density at radius 2 is 2.46 bits per heavy atom. The van der Waals surface area contributed by atoms with Crippen LogP contribution < -0.4 is 16.4 Å². The van der Waals surface area contributed by atoms with Crippen LogP contribution in [0.3, 0.4) is 0 Å². The molecule has 2 rings (SSSR count). The lowest BCUT2D eigenvalue weighted by Crippen LogP contribution is -2.47. The van der Waals surface area contributed by atoms with Gasteiger partial charge in [-0.3, -0.25) is 4.79 Å². The number of rotatable bonds is 3. The van der Waals surface area contributed by atoms with Crippen LogP contribution in [-0.2, 0) is 4.79 Å². The molecule has 1 aliphatic heterocycles. The van der Waals surface area contributed by atoms with Gasteiger partial charge >= 0.3 is 0 Å². The average Bonchev–Trinajstić information content (AvgIpc) is 2.73. The van der Waals surface area contributed by atoms with E-state index in [0.717, 1.165) is 12.3 Å². The van der Waals surface area contributed by atoms with Crippen LogP contribution in [0.2, 0.25) is 0 Å². The third-order valence-electron chi connectivity index (χ3n) is 2.94. The lowest BCUT2D eigenvalue weighted by Gasteiger charge is -2.16. The number of hydrogen-bond acceptors (Lipinski definition) is 3. The van der Waals surface area contributed by atoms with Gasteiger partial charge < -0.3 is 16.4 Å². The van der Waals surface area contributed by atoms with Gasteiger partial charge in [0.15, 0.2) is 0 Å². The van der Waals surface area contributed by atoms with E-state index < -0.39 is 0 Å². The zero-order valence-electron chi connectivity index (χ0n) is 7.92. The molecule has 0 spiro atoms. The van der Waals surface area contributed by atoms with Crippen LogP contribution in [0.5, 0.6) is 0 Å². The van der Waals surface area contributed by atoms with Gasteiger partial charge in [-0.1, -0.05) is 0 Å². The molecule has 1 saturated heterocycles. The molecule has 0 aromatic carbocycles. The van der Waals surface area contributed by atoms with Gasteiger partial charge in [0.1, 0.15) is 0 Å². The van der Waals surface area contributed by atoms with Gasteiger partial charge in [-0.25, -0.2) is 0 Å². The minimum atomic E-state index is 0.0396. The summed E-state index contributed by atoms with van der Waals surface area (Å²) in [5, 5.41) is 6.19. The molecule has 1 saturated carbocycles. The van der Waals surface area contributed by atoms with E-state index in [-0.39, 0.29) is 18.0 Å². The number of piperidine rings is 1. The molecule has 0 radical (unpaired) electrons. The van der Waals surface area contributed by atoms with E-state index >= 15 is 0 Å². The second-order valence-corrected chi connectivity index (χ2v) is 4.20. The zero-order chi connectivity index (χ0) is 9.42. The van der Waals surface area contributed by atoms with Crippen molar-refractivity contribution in [2.45, 2.75) is 37.9 Å². The van der Waals surface area contributed by atoms with Crippen molar-refractivity contribution >= 4 is 5.91 Å². The van der Waals surface area contributed by atoms with Crippen LogP contribution in [0.4, 0.5) is 0 Å². The van der Waals surface area contributed by atoms with Crippen molar-refractivity contribution < 1.29 is 4.79 Å². The molecule has 4 heteroatoms. The van der Waals surface area contributed by atoms with Gasteiger partial charge in [-0.05, 0) is 25.7 Å². The predicted octanol–water partition coefficient (Wildman–Crippen LogP) is -0.800. The molecule has 0 aromatic heterocycles. The highest BCUT2D eigenvalue weighted by Crippen LogP contribution is 2.40. The highest BCUT2D eigenvalue weighted by Gasteiger charge is 2.47. The smallest absolute Gasteiger partial charge is 0.237 e. The summed E-state index contributed by atoms with van der Waals surface area (Å²) in [6.07, 6.45) is 2.27. The lowest BCUT2D eigenvalue weighted by atomic mass is 10.1. The Kier molecular flexibility index (Phi) is 2.26. The van der Waals surface area contributed by atoms with E-state index in [0.29, 0.717) is 12.6 Å². The first-order valence-electron chi connectivity index (χ1n) is 4.97. The van der Waals surface area contributed by atoms with Crippen molar-refractivity contribution in [2.75, 3.05) is 6.54 Å². The maximum Gasteiger partial charge on any atom is 0.237 e. The number of nitrogens with two attached hydrogens (primary N) is 1. The van der Waals surface area contributed by atoms with Gasteiger partial charge in [0.2, 0.25) is 5.91 Å². The first-order valence-corrected chi connectivity index (χ1v) is 4.97. The molecule has 0 unspecified atom stereocenters. The van der Waals surface area contributed by atoms with Crippen molar-refractivity contribution in [1.82, 2.24) is 10.6 Å². The molecule has 74 valence electrons. The first-order chi connectivity index (χ1) is 6.20. The Hall–Kier alpha value is -0.610. The molecule has 4 N–H and O–H groups in total. The fraction of sp³-hybridized carbons (Fsp3) is 0.889. The summed E-state index contributed by atoms with van der Waals surface area (Å²) in [6.45, 7) is 2.43. The Balaban J connectivity index is 1.77. The second kappa shape index (κ2) is 3.27. The van der Waals surface area contributed by atoms with Crippen molar-refractivity contribution in [1.29, 1.82) is 0 Å². The molecular weight excluding hydrogens is 166 g/mol. The quantitative estimate of drug-likeness (QED) is 0.536. The number of fused-ring (bicyclic) bond motifs is 1. The van der Waals surface area contributed by atoms with Crippen molar-refractivity contribution in [2.24, 2.45) is 11.7 Å². The number of nitrogens with one attached hydrogen (secondary N) is 2. The third kappa shape index (κ3) is 1.84. The van der Waals surface area contributed by atoms with Crippen LogP contribution in [0, 0.1) is 5.92 Å². The van der Waals surface area contributed by atoms with E-state index in [1.807, 2.05) is 6.92 Å². The summed E-state index contributed by atoms with van der Waals surface area (Å²) in [6, 6.07) is 0.757. The summed E-state index contributed by atoms with van der Waals surface area (Å²) < 4.78 is 0. The normalized spacial score (nSPS) is 38.2. The lowest BCUT2D eigenvalue weighted by molar-refractivity contribution is -0.123. The molecule has 1 aliphatic carbocycles. The van der Waals surface area contributed by atoms with Gasteiger partial charge in [-0.15, -0.1) is 0 Å². The fourth-order valence-corrected chi connectivity index (χ4v) is 1.93. The first kappa shape index (κ1) is 8.97. The summed E-state index contributed by atoms with van der Waals surface area (Å²) in [5.41, 5.74) is 5.42. The van der Waals surface area contributed by atoms with Crippen LogP contribution in [0.25, 0.3) is 0 Å². The number of carbonyl (C=O) groups excluding carboxylic acids is 1. The average molecular weight is 183 g/mol. The molecule has 4 atom stereocenters. The van der Waals surface area contributed by atoms with Crippen molar-refractivity contribution in [3.63, 3.8) is 0 Å². The SMILES string of the molecule is C[C@H](CN)NC(=O)[C@@H]1C[C@@H]2C[C@@H]2N1. The molecule has 1 amide bonds. The Labute approximate surface area is 78.2 Å². The van der Waals surface area contributed by atoms with Gasteiger partial charge in [0.25, 0.3) is 0 Å². The van der Waals surface area contributed by atoms with E-state index in [4.69, 9.17) is 5.73 Å². The third-order valence-corrected chi connectivity index (χ3v) is 2.94. The van der Waals surface area contributed by atoms with E-state index in [1.54, 1.807) is 0 Å². The second-order valence-electron chi connectivity index (χ2n) is 4.20. The Bertz CT molecular complexity index is 209. The predicted molar refractivity (Wildman–Crippen MR) is 50.1 cm³/mol. The van der Waals surface area contributed by atoms with Crippen molar-refractivity contribution in [3.05, 3.63) is 0 Å². The number of carbonyl (C=O) groups is 1. The van der Waals surface area contributed by atoms with Crippen molar-refractivity contribution in [3.8, 4) is 0 Å².